The Hall–Kier alpha value is -4.48. The van der Waals surface area contributed by atoms with E-state index in [1.165, 1.54) is 33.9 Å². The molecule has 0 saturated carbocycles. The summed E-state index contributed by atoms with van der Waals surface area (Å²) in [7, 11) is 1.66. The first-order valence-electron chi connectivity index (χ1n) is 10.5. The van der Waals surface area contributed by atoms with Crippen LogP contribution in [0, 0.1) is 0 Å². The summed E-state index contributed by atoms with van der Waals surface area (Å²) in [6.45, 7) is -0.301. The molecular formula is C23H18F3N7O2. The van der Waals surface area contributed by atoms with Crippen molar-refractivity contribution in [2.24, 2.45) is 7.05 Å². The minimum Gasteiger partial charge on any atom is -0.344 e. The van der Waals surface area contributed by atoms with Crippen LogP contribution in [0.1, 0.15) is 23.0 Å². The number of rotatable bonds is 5. The number of hydrogen-bond donors (Lipinski definition) is 2. The zero-order valence-electron chi connectivity index (χ0n) is 18.2. The second kappa shape index (κ2) is 8.38. The van der Waals surface area contributed by atoms with Gasteiger partial charge in [0.2, 0.25) is 11.7 Å². The van der Waals surface area contributed by atoms with Crippen LogP contribution in [-0.2, 0) is 24.6 Å². The van der Waals surface area contributed by atoms with Gasteiger partial charge in [0, 0.05) is 7.05 Å². The maximum Gasteiger partial charge on any atom is 0.449 e. The van der Waals surface area contributed by atoms with Gasteiger partial charge in [0.05, 0.1) is 23.3 Å². The molecule has 0 aliphatic rings. The van der Waals surface area contributed by atoms with Crippen LogP contribution >= 0.6 is 0 Å². The molecule has 0 aliphatic carbocycles. The molecule has 2 aromatic carbocycles. The number of fused-ring (bicyclic) bond motifs is 2. The monoisotopic (exact) mass is 481 g/mol. The zero-order chi connectivity index (χ0) is 24.7. The Balaban J connectivity index is 1.47. The third-order valence-electron chi connectivity index (χ3n) is 5.58. The van der Waals surface area contributed by atoms with Gasteiger partial charge in [-0.2, -0.15) is 18.3 Å². The Bertz CT molecular complexity index is 1600. The topological polar surface area (TPSA) is 110 Å². The summed E-state index contributed by atoms with van der Waals surface area (Å²) in [5.41, 5.74) is 1.59. The van der Waals surface area contributed by atoms with Crippen molar-refractivity contribution >= 4 is 28.0 Å². The van der Waals surface area contributed by atoms with Crippen molar-refractivity contribution < 1.29 is 18.0 Å². The van der Waals surface area contributed by atoms with Crippen molar-refractivity contribution in [1.29, 1.82) is 0 Å². The number of carbonyl (C=O) groups is 1. The molecule has 5 rings (SSSR count). The van der Waals surface area contributed by atoms with Gasteiger partial charge in [0.1, 0.15) is 18.3 Å². The SMILES string of the molecule is Cn1ncc2c(=O)n(CC(=O)N[C@H](c3ccccc3)c3ccc4nc(C(F)(F)F)[nH]c4c3)cnc21. The fraction of sp³-hybridized carbons (Fsp3) is 0.174. The first-order valence-corrected chi connectivity index (χ1v) is 10.5. The predicted molar refractivity (Wildman–Crippen MR) is 120 cm³/mol. The summed E-state index contributed by atoms with van der Waals surface area (Å²) in [6.07, 6.45) is -1.94. The Morgan fingerprint density at radius 2 is 1.91 bits per heavy atom. The lowest BCUT2D eigenvalue weighted by atomic mass is 9.98. The Morgan fingerprint density at radius 1 is 1.14 bits per heavy atom. The highest BCUT2D eigenvalue weighted by atomic mass is 19.4. The van der Waals surface area contributed by atoms with Crippen LogP contribution in [0.4, 0.5) is 13.2 Å². The minimum absolute atomic E-state index is 0.154. The summed E-state index contributed by atoms with van der Waals surface area (Å²) in [5.74, 6) is -1.57. The van der Waals surface area contributed by atoms with Crippen LogP contribution < -0.4 is 10.9 Å². The molecule has 0 spiro atoms. The number of benzene rings is 2. The van der Waals surface area contributed by atoms with E-state index in [-0.39, 0.29) is 23.0 Å². The Kier molecular flexibility index (Phi) is 5.35. The number of carbonyl (C=O) groups excluding carboxylic acids is 1. The molecule has 0 saturated heterocycles. The molecular weight excluding hydrogens is 463 g/mol. The standard InChI is InChI=1S/C23H18F3N7O2/c1-32-20-15(10-28-32)21(35)33(12-27-20)11-18(34)31-19(13-5-3-2-4-6-13)14-7-8-16-17(9-14)30-22(29-16)23(24,25)26/h2-10,12,19H,11H2,1H3,(H,29,30)(H,31,34)/t19-/m1/s1. The van der Waals surface area contributed by atoms with Gasteiger partial charge in [-0.1, -0.05) is 36.4 Å². The van der Waals surface area contributed by atoms with Crippen molar-refractivity contribution in [2.45, 2.75) is 18.8 Å². The summed E-state index contributed by atoms with van der Waals surface area (Å²) >= 11 is 0. The van der Waals surface area contributed by atoms with Crippen LogP contribution in [0.2, 0.25) is 0 Å². The molecule has 9 nitrogen and oxygen atoms in total. The first kappa shape index (κ1) is 22.3. The number of nitrogens with zero attached hydrogens (tertiary/aromatic N) is 5. The van der Waals surface area contributed by atoms with Crippen molar-refractivity contribution in [3.8, 4) is 0 Å². The predicted octanol–water partition coefficient (Wildman–Crippen LogP) is 2.93. The number of hydrogen-bond acceptors (Lipinski definition) is 5. The third kappa shape index (κ3) is 4.25. The number of aromatic amines is 1. The van der Waals surface area contributed by atoms with E-state index in [0.717, 1.165) is 0 Å². The van der Waals surface area contributed by atoms with Gasteiger partial charge in [0.15, 0.2) is 5.65 Å². The van der Waals surface area contributed by atoms with Gasteiger partial charge < -0.3 is 10.3 Å². The molecule has 1 amide bonds. The molecule has 3 aromatic heterocycles. The minimum atomic E-state index is -4.61. The molecule has 3 heterocycles. The summed E-state index contributed by atoms with van der Waals surface area (Å²) < 4.78 is 41.9. The fourth-order valence-corrected chi connectivity index (χ4v) is 3.89. The zero-order valence-corrected chi connectivity index (χ0v) is 18.2. The van der Waals surface area contributed by atoms with Crippen molar-refractivity contribution in [1.82, 2.24) is 34.6 Å². The van der Waals surface area contributed by atoms with Crippen LogP contribution in [0.5, 0.6) is 0 Å². The maximum atomic E-state index is 13.1. The summed E-state index contributed by atoms with van der Waals surface area (Å²) in [4.78, 5) is 35.8. The number of amides is 1. The van der Waals surface area contributed by atoms with Crippen molar-refractivity contribution in [3.63, 3.8) is 0 Å². The largest absolute Gasteiger partial charge is 0.449 e. The van der Waals surface area contributed by atoms with Gasteiger partial charge in [-0.25, -0.2) is 9.97 Å². The molecule has 0 unspecified atom stereocenters. The van der Waals surface area contributed by atoms with Crippen LogP contribution in [0.25, 0.3) is 22.1 Å². The van der Waals surface area contributed by atoms with E-state index in [9.17, 15) is 22.8 Å². The van der Waals surface area contributed by atoms with Crippen LogP contribution in [0.15, 0.2) is 65.8 Å². The molecule has 0 aliphatic heterocycles. The normalized spacial score (nSPS) is 12.8. The van der Waals surface area contributed by atoms with Gasteiger partial charge in [0.25, 0.3) is 5.56 Å². The highest BCUT2D eigenvalue weighted by Gasteiger charge is 2.34. The van der Waals surface area contributed by atoms with E-state index >= 15 is 0 Å². The van der Waals surface area contributed by atoms with E-state index in [4.69, 9.17) is 0 Å². The smallest absolute Gasteiger partial charge is 0.344 e. The number of nitrogens with one attached hydrogen (secondary N) is 2. The lowest BCUT2D eigenvalue weighted by Gasteiger charge is -2.20. The lowest BCUT2D eigenvalue weighted by molar-refractivity contribution is -0.144. The third-order valence-corrected chi connectivity index (χ3v) is 5.58. The Morgan fingerprint density at radius 3 is 2.66 bits per heavy atom. The van der Waals surface area contributed by atoms with Crippen LogP contribution in [0.3, 0.4) is 0 Å². The van der Waals surface area contributed by atoms with E-state index in [0.29, 0.717) is 16.8 Å². The molecule has 1 atom stereocenters. The van der Waals surface area contributed by atoms with Gasteiger partial charge in [-0.15, -0.1) is 0 Å². The number of alkyl halides is 3. The number of aryl methyl sites for hydroxylation is 1. The molecule has 0 radical (unpaired) electrons. The van der Waals surface area contributed by atoms with Gasteiger partial charge in [-0.3, -0.25) is 18.8 Å². The molecule has 35 heavy (non-hydrogen) atoms. The molecule has 178 valence electrons. The number of halogens is 3. The second-order valence-corrected chi connectivity index (χ2v) is 7.95. The molecule has 5 aromatic rings. The van der Waals surface area contributed by atoms with E-state index in [2.05, 4.69) is 25.4 Å². The molecule has 12 heteroatoms. The average molecular weight is 481 g/mol. The van der Waals surface area contributed by atoms with Crippen molar-refractivity contribution in [3.05, 3.63) is 88.4 Å². The van der Waals surface area contributed by atoms with E-state index in [1.807, 2.05) is 6.07 Å². The van der Waals surface area contributed by atoms with Crippen molar-refractivity contribution in [2.75, 3.05) is 0 Å². The number of imidazole rings is 1. The average Bonchev–Trinajstić information content (AvgIpc) is 3.43. The highest BCUT2D eigenvalue weighted by molar-refractivity contribution is 5.79. The fourth-order valence-electron chi connectivity index (χ4n) is 3.89. The maximum absolute atomic E-state index is 13.1. The second-order valence-electron chi connectivity index (χ2n) is 7.95. The quantitative estimate of drug-likeness (QED) is 0.401. The van der Waals surface area contributed by atoms with Gasteiger partial charge in [-0.05, 0) is 23.3 Å². The number of aromatic nitrogens is 6. The molecule has 0 fully saturated rings. The Labute approximate surface area is 195 Å². The van der Waals surface area contributed by atoms with Crippen LogP contribution in [-0.4, -0.2) is 35.2 Å². The van der Waals surface area contributed by atoms with E-state index in [1.54, 1.807) is 37.4 Å². The molecule has 0 bridgehead atoms. The molecule has 2 N–H and O–H groups in total. The highest BCUT2D eigenvalue weighted by Crippen LogP contribution is 2.30. The number of H-pyrrole nitrogens is 1. The van der Waals surface area contributed by atoms with Gasteiger partial charge >= 0.3 is 6.18 Å². The lowest BCUT2D eigenvalue weighted by Crippen LogP contribution is -2.35. The summed E-state index contributed by atoms with van der Waals surface area (Å²) in [6, 6.07) is 12.9. The summed E-state index contributed by atoms with van der Waals surface area (Å²) in [5, 5.41) is 7.17. The van der Waals surface area contributed by atoms with E-state index < -0.39 is 29.5 Å². The first-order chi connectivity index (χ1) is 16.7.